The summed E-state index contributed by atoms with van der Waals surface area (Å²) in [5.74, 6) is -0.557. The van der Waals surface area contributed by atoms with E-state index in [1.54, 1.807) is 17.5 Å². The average Bonchev–Trinajstić information content (AvgIpc) is 2.36. The Bertz CT molecular complexity index is 236. The molecule has 1 rings (SSSR count). The van der Waals surface area contributed by atoms with E-state index in [-0.39, 0.29) is 4.49 Å². The second-order valence-corrected chi connectivity index (χ2v) is 3.45. The quantitative estimate of drug-likeness (QED) is 0.641. The molecule has 0 fully saturated rings. The highest BCUT2D eigenvalue weighted by molar-refractivity contribution is 7.11. The molecule has 0 aliphatic heterocycles. The van der Waals surface area contributed by atoms with E-state index in [1.807, 2.05) is 0 Å². The van der Waals surface area contributed by atoms with E-state index in [4.69, 9.17) is 23.2 Å². The summed E-state index contributed by atoms with van der Waals surface area (Å²) in [6.45, 7) is 0. The molecule has 0 aliphatic rings. The lowest BCUT2D eigenvalue weighted by Crippen LogP contribution is -1.67. The van der Waals surface area contributed by atoms with Gasteiger partial charge in [-0.15, -0.1) is 11.3 Å². The molecule has 0 radical (unpaired) electrons. The summed E-state index contributed by atoms with van der Waals surface area (Å²) < 4.78 is 12.4. The highest BCUT2D eigenvalue weighted by Crippen LogP contribution is 2.28. The molecule has 1 aromatic rings. The molecule has 54 valence electrons. The van der Waals surface area contributed by atoms with E-state index < -0.39 is 5.83 Å². The minimum Gasteiger partial charge on any atom is -0.203 e. The minimum absolute atomic E-state index is 0.317. The van der Waals surface area contributed by atoms with Crippen molar-refractivity contribution in [3.63, 3.8) is 0 Å². The SMILES string of the molecule is FC(=C(Cl)Cl)c1cccs1. The first-order valence-electron chi connectivity index (χ1n) is 2.46. The summed E-state index contributed by atoms with van der Waals surface area (Å²) in [5, 5.41) is 1.76. The molecule has 1 heterocycles. The van der Waals surface area contributed by atoms with Crippen LogP contribution in [0.3, 0.4) is 0 Å². The summed E-state index contributed by atoms with van der Waals surface area (Å²) in [7, 11) is 0. The summed E-state index contributed by atoms with van der Waals surface area (Å²) in [6.07, 6.45) is 0. The minimum atomic E-state index is -0.557. The third kappa shape index (κ3) is 1.72. The van der Waals surface area contributed by atoms with Crippen molar-refractivity contribution in [3.8, 4) is 0 Å². The Morgan fingerprint density at radius 3 is 2.60 bits per heavy atom. The van der Waals surface area contributed by atoms with Gasteiger partial charge < -0.3 is 0 Å². The van der Waals surface area contributed by atoms with Crippen LogP contribution in [0.15, 0.2) is 22.0 Å². The maximum Gasteiger partial charge on any atom is 0.170 e. The number of hydrogen-bond acceptors (Lipinski definition) is 1. The van der Waals surface area contributed by atoms with E-state index in [9.17, 15) is 4.39 Å². The first kappa shape index (κ1) is 8.05. The van der Waals surface area contributed by atoms with Crippen molar-refractivity contribution in [1.29, 1.82) is 0 Å². The van der Waals surface area contributed by atoms with E-state index in [0.717, 1.165) is 0 Å². The van der Waals surface area contributed by atoms with Crippen molar-refractivity contribution in [2.45, 2.75) is 0 Å². The molecule has 0 spiro atoms. The van der Waals surface area contributed by atoms with Crippen molar-refractivity contribution < 1.29 is 4.39 Å². The number of halogens is 3. The van der Waals surface area contributed by atoms with Gasteiger partial charge in [-0.25, -0.2) is 4.39 Å². The van der Waals surface area contributed by atoms with Gasteiger partial charge in [0, 0.05) is 0 Å². The maximum absolute atomic E-state index is 12.7. The van der Waals surface area contributed by atoms with Gasteiger partial charge in [0.15, 0.2) is 5.83 Å². The van der Waals surface area contributed by atoms with Crippen LogP contribution in [-0.2, 0) is 0 Å². The second kappa shape index (κ2) is 3.37. The zero-order valence-corrected chi connectivity index (χ0v) is 7.10. The van der Waals surface area contributed by atoms with Gasteiger partial charge in [0.05, 0.1) is 4.88 Å². The van der Waals surface area contributed by atoms with Crippen molar-refractivity contribution >= 4 is 40.4 Å². The van der Waals surface area contributed by atoms with E-state index in [2.05, 4.69) is 0 Å². The van der Waals surface area contributed by atoms with Crippen molar-refractivity contribution in [1.82, 2.24) is 0 Å². The smallest absolute Gasteiger partial charge is 0.170 e. The van der Waals surface area contributed by atoms with Crippen LogP contribution in [0.4, 0.5) is 4.39 Å². The zero-order valence-electron chi connectivity index (χ0n) is 4.77. The largest absolute Gasteiger partial charge is 0.203 e. The topological polar surface area (TPSA) is 0 Å². The molecule has 0 aliphatic carbocycles. The van der Waals surface area contributed by atoms with Gasteiger partial charge in [0.25, 0.3) is 0 Å². The van der Waals surface area contributed by atoms with E-state index in [1.165, 1.54) is 11.3 Å². The molecule has 0 bridgehead atoms. The first-order valence-corrected chi connectivity index (χ1v) is 4.10. The third-order valence-corrected chi connectivity index (χ3v) is 2.10. The van der Waals surface area contributed by atoms with Crippen LogP contribution in [0, 0.1) is 0 Å². The molecular weight excluding hydrogens is 194 g/mol. The highest BCUT2D eigenvalue weighted by atomic mass is 35.5. The fourth-order valence-electron chi connectivity index (χ4n) is 0.497. The Morgan fingerprint density at radius 2 is 2.20 bits per heavy atom. The van der Waals surface area contributed by atoms with Crippen LogP contribution < -0.4 is 0 Å². The summed E-state index contributed by atoms with van der Waals surface area (Å²) in [4.78, 5) is 0.458. The maximum atomic E-state index is 12.7. The predicted octanol–water partition coefficient (Wildman–Crippen LogP) is 3.82. The van der Waals surface area contributed by atoms with Crippen LogP contribution >= 0.6 is 34.5 Å². The number of thiophene rings is 1. The Hall–Kier alpha value is -0.0500. The molecule has 0 saturated carbocycles. The molecule has 10 heavy (non-hydrogen) atoms. The Kier molecular flexibility index (Phi) is 2.72. The lowest BCUT2D eigenvalue weighted by molar-refractivity contribution is 0.764. The normalized spacial score (nSPS) is 9.50. The van der Waals surface area contributed by atoms with Crippen LogP contribution in [0.5, 0.6) is 0 Å². The molecule has 0 atom stereocenters. The predicted molar refractivity (Wildman–Crippen MR) is 44.1 cm³/mol. The highest BCUT2D eigenvalue weighted by Gasteiger charge is 2.04. The van der Waals surface area contributed by atoms with Gasteiger partial charge in [-0.3, -0.25) is 0 Å². The molecular formula is C6H3Cl2FS. The summed E-state index contributed by atoms with van der Waals surface area (Å²) in [6, 6.07) is 3.35. The van der Waals surface area contributed by atoms with Crippen molar-refractivity contribution in [2.75, 3.05) is 0 Å². The standard InChI is InChI=1S/C6H3Cl2FS/c7-6(8)5(9)4-2-1-3-10-4/h1-3H. The molecule has 1 aromatic heterocycles. The molecule has 0 saturated heterocycles. The third-order valence-electron chi connectivity index (χ3n) is 0.903. The number of hydrogen-bond donors (Lipinski definition) is 0. The van der Waals surface area contributed by atoms with Crippen LogP contribution in [-0.4, -0.2) is 0 Å². The van der Waals surface area contributed by atoms with Crippen molar-refractivity contribution in [2.24, 2.45) is 0 Å². The fourth-order valence-corrected chi connectivity index (χ4v) is 1.48. The molecule has 0 amide bonds. The van der Waals surface area contributed by atoms with Gasteiger partial charge >= 0.3 is 0 Å². The molecule has 0 nitrogen and oxygen atoms in total. The van der Waals surface area contributed by atoms with Crippen LogP contribution in [0.2, 0.25) is 0 Å². The van der Waals surface area contributed by atoms with Gasteiger partial charge in [-0.05, 0) is 11.4 Å². The van der Waals surface area contributed by atoms with Gasteiger partial charge in [-0.2, -0.15) is 0 Å². The zero-order chi connectivity index (χ0) is 7.56. The Balaban J connectivity index is 2.99. The molecule has 0 aromatic carbocycles. The van der Waals surface area contributed by atoms with Crippen LogP contribution in [0.1, 0.15) is 4.88 Å². The fraction of sp³-hybridized carbons (Fsp3) is 0. The molecule has 4 heteroatoms. The Labute approximate surface area is 71.9 Å². The summed E-state index contributed by atoms with van der Waals surface area (Å²) in [5.41, 5.74) is 0. The average molecular weight is 197 g/mol. The van der Waals surface area contributed by atoms with Crippen molar-refractivity contribution in [3.05, 3.63) is 26.9 Å². The van der Waals surface area contributed by atoms with Gasteiger partial charge in [0.1, 0.15) is 4.49 Å². The molecule has 0 unspecified atom stereocenters. The van der Waals surface area contributed by atoms with E-state index >= 15 is 0 Å². The molecule has 0 N–H and O–H groups in total. The lowest BCUT2D eigenvalue weighted by Gasteiger charge is -1.88. The number of rotatable bonds is 1. The van der Waals surface area contributed by atoms with Gasteiger partial charge in [0.2, 0.25) is 0 Å². The first-order chi connectivity index (χ1) is 4.72. The monoisotopic (exact) mass is 196 g/mol. The van der Waals surface area contributed by atoms with Gasteiger partial charge in [-0.1, -0.05) is 29.3 Å². The summed E-state index contributed by atoms with van der Waals surface area (Å²) >= 11 is 11.7. The second-order valence-electron chi connectivity index (χ2n) is 1.55. The van der Waals surface area contributed by atoms with Crippen LogP contribution in [0.25, 0.3) is 5.83 Å². The Morgan fingerprint density at radius 1 is 1.50 bits per heavy atom. The van der Waals surface area contributed by atoms with E-state index in [0.29, 0.717) is 4.88 Å². The lowest BCUT2D eigenvalue weighted by atomic mass is 10.4.